The van der Waals surface area contributed by atoms with Crippen molar-refractivity contribution >= 4 is 22.3 Å². The molecule has 3 nitrogen and oxygen atoms in total. The molecule has 4 rings (SSSR count). The minimum Gasteiger partial charge on any atom is -0.384 e. The van der Waals surface area contributed by atoms with Gasteiger partial charge in [0.05, 0.1) is 0 Å². The third-order valence-electron chi connectivity index (χ3n) is 4.91. The zero-order chi connectivity index (χ0) is 13.7. The van der Waals surface area contributed by atoms with Crippen molar-refractivity contribution in [3.8, 4) is 0 Å². The minimum atomic E-state index is 0.149. The standard InChI is InChI=1S/C17H19N3/c18-17(19)15-7-8-16(14-4-2-1-3-13(14)15)20-10-11-5-6-12(20)9-11/h1-4,7-8,11-12H,5-6,9-10H2,(H3,18,19). The summed E-state index contributed by atoms with van der Waals surface area (Å²) in [6.45, 7) is 1.19. The van der Waals surface area contributed by atoms with Crippen LogP contribution >= 0.6 is 0 Å². The first kappa shape index (κ1) is 11.8. The van der Waals surface area contributed by atoms with Crippen molar-refractivity contribution in [2.45, 2.75) is 25.3 Å². The molecule has 2 aromatic carbocycles. The number of nitrogens with zero attached hydrogens (tertiary/aromatic N) is 1. The quantitative estimate of drug-likeness (QED) is 0.647. The van der Waals surface area contributed by atoms with E-state index in [1.165, 1.54) is 36.9 Å². The van der Waals surface area contributed by atoms with E-state index in [1.54, 1.807) is 0 Å². The van der Waals surface area contributed by atoms with Gasteiger partial charge in [0.1, 0.15) is 5.84 Å². The second-order valence-corrected chi connectivity index (χ2v) is 6.08. The van der Waals surface area contributed by atoms with Gasteiger partial charge in [-0.3, -0.25) is 5.41 Å². The summed E-state index contributed by atoms with van der Waals surface area (Å²) in [5.74, 6) is 1.03. The predicted molar refractivity (Wildman–Crippen MR) is 83.4 cm³/mol. The average molecular weight is 265 g/mol. The topological polar surface area (TPSA) is 53.1 Å². The van der Waals surface area contributed by atoms with Crippen molar-refractivity contribution < 1.29 is 0 Å². The number of rotatable bonds is 2. The minimum absolute atomic E-state index is 0.149. The van der Waals surface area contributed by atoms with E-state index in [9.17, 15) is 0 Å². The Kier molecular flexibility index (Phi) is 2.49. The molecule has 2 aromatic rings. The second kappa shape index (κ2) is 4.23. The number of hydrogen-bond acceptors (Lipinski definition) is 2. The predicted octanol–water partition coefficient (Wildman–Crippen LogP) is 3.11. The molecule has 1 saturated heterocycles. The molecule has 0 amide bonds. The van der Waals surface area contributed by atoms with E-state index in [0.29, 0.717) is 6.04 Å². The van der Waals surface area contributed by atoms with Crippen LogP contribution in [0.2, 0.25) is 0 Å². The molecule has 0 spiro atoms. The van der Waals surface area contributed by atoms with Gasteiger partial charge in [-0.15, -0.1) is 0 Å². The lowest BCUT2D eigenvalue weighted by Crippen LogP contribution is -2.32. The van der Waals surface area contributed by atoms with Gasteiger partial charge < -0.3 is 10.6 Å². The summed E-state index contributed by atoms with van der Waals surface area (Å²) in [4.78, 5) is 2.57. The molecule has 2 aliphatic rings. The Labute approximate surface area is 118 Å². The molecule has 0 aromatic heterocycles. The van der Waals surface area contributed by atoms with Gasteiger partial charge in [0.15, 0.2) is 0 Å². The second-order valence-electron chi connectivity index (χ2n) is 6.08. The lowest BCUT2D eigenvalue weighted by molar-refractivity contribution is 0.554. The number of amidine groups is 1. The maximum absolute atomic E-state index is 7.74. The molecule has 0 radical (unpaired) electrons. The van der Waals surface area contributed by atoms with Gasteiger partial charge in [0, 0.05) is 29.2 Å². The van der Waals surface area contributed by atoms with Gasteiger partial charge in [0.2, 0.25) is 0 Å². The normalized spacial score (nSPS) is 24.5. The van der Waals surface area contributed by atoms with E-state index in [-0.39, 0.29) is 5.84 Å². The van der Waals surface area contributed by atoms with Gasteiger partial charge in [0.25, 0.3) is 0 Å². The van der Waals surface area contributed by atoms with E-state index in [1.807, 2.05) is 12.1 Å². The molecule has 1 aliphatic carbocycles. The highest BCUT2D eigenvalue weighted by atomic mass is 15.2. The summed E-state index contributed by atoms with van der Waals surface area (Å²) < 4.78 is 0. The number of hydrogen-bond donors (Lipinski definition) is 2. The Morgan fingerprint density at radius 1 is 1.10 bits per heavy atom. The summed E-state index contributed by atoms with van der Waals surface area (Å²) in [6, 6.07) is 13.2. The van der Waals surface area contributed by atoms with Crippen molar-refractivity contribution in [1.82, 2.24) is 0 Å². The fourth-order valence-electron chi connectivity index (χ4n) is 3.99. The van der Waals surface area contributed by atoms with Gasteiger partial charge in [-0.1, -0.05) is 24.3 Å². The van der Waals surface area contributed by atoms with Crippen molar-refractivity contribution in [3.05, 3.63) is 42.0 Å². The first-order chi connectivity index (χ1) is 9.74. The molecule has 102 valence electrons. The Bertz CT molecular complexity index is 692. The van der Waals surface area contributed by atoms with Crippen molar-refractivity contribution in [1.29, 1.82) is 5.41 Å². The highest BCUT2D eigenvalue weighted by Crippen LogP contribution is 2.42. The summed E-state index contributed by atoms with van der Waals surface area (Å²) in [5, 5.41) is 10.1. The lowest BCUT2D eigenvalue weighted by atomic mass is 10.0. The summed E-state index contributed by atoms with van der Waals surface area (Å²) in [5.41, 5.74) is 7.87. The van der Waals surface area contributed by atoms with Crippen molar-refractivity contribution in [2.24, 2.45) is 11.7 Å². The van der Waals surface area contributed by atoms with E-state index >= 15 is 0 Å². The number of nitrogens with two attached hydrogens (primary N) is 1. The Balaban J connectivity index is 1.89. The number of piperidine rings is 1. The van der Waals surface area contributed by atoms with Crippen LogP contribution in [0.1, 0.15) is 24.8 Å². The number of fused-ring (bicyclic) bond motifs is 3. The van der Waals surface area contributed by atoms with Crippen LogP contribution in [0.3, 0.4) is 0 Å². The largest absolute Gasteiger partial charge is 0.384 e. The van der Waals surface area contributed by atoms with Gasteiger partial charge >= 0.3 is 0 Å². The number of benzene rings is 2. The molecule has 20 heavy (non-hydrogen) atoms. The molecule has 3 N–H and O–H groups in total. The molecule has 2 bridgehead atoms. The fourth-order valence-corrected chi connectivity index (χ4v) is 3.99. The Hall–Kier alpha value is -2.03. The average Bonchev–Trinajstić information content (AvgIpc) is 3.08. The maximum atomic E-state index is 7.74. The van der Waals surface area contributed by atoms with Gasteiger partial charge in [-0.25, -0.2) is 0 Å². The Morgan fingerprint density at radius 2 is 1.90 bits per heavy atom. The zero-order valence-corrected chi connectivity index (χ0v) is 11.5. The van der Waals surface area contributed by atoms with Crippen LogP contribution in [0.4, 0.5) is 5.69 Å². The SMILES string of the molecule is N=C(N)c1ccc(N2CC3CCC2C3)c2ccccc12. The first-order valence-electron chi connectivity index (χ1n) is 7.37. The molecule has 1 saturated carbocycles. The summed E-state index contributed by atoms with van der Waals surface area (Å²) in [7, 11) is 0. The molecule has 1 aliphatic heterocycles. The number of nitrogens with one attached hydrogen (secondary N) is 1. The molecule has 2 fully saturated rings. The smallest absolute Gasteiger partial charge is 0.123 e. The van der Waals surface area contributed by atoms with E-state index in [4.69, 9.17) is 11.1 Å². The third-order valence-corrected chi connectivity index (χ3v) is 4.91. The fraction of sp³-hybridized carbons (Fsp3) is 0.353. The van der Waals surface area contributed by atoms with Crippen LogP contribution in [-0.2, 0) is 0 Å². The van der Waals surface area contributed by atoms with E-state index < -0.39 is 0 Å². The zero-order valence-electron chi connectivity index (χ0n) is 11.5. The van der Waals surface area contributed by atoms with Crippen molar-refractivity contribution in [2.75, 3.05) is 11.4 Å². The van der Waals surface area contributed by atoms with E-state index in [2.05, 4.69) is 29.2 Å². The molecule has 3 heteroatoms. The molecular formula is C17H19N3. The highest BCUT2D eigenvalue weighted by Gasteiger charge is 2.38. The van der Waals surface area contributed by atoms with Crippen LogP contribution in [0.25, 0.3) is 10.8 Å². The first-order valence-corrected chi connectivity index (χ1v) is 7.37. The number of anilines is 1. The van der Waals surface area contributed by atoms with Crippen LogP contribution < -0.4 is 10.6 Å². The van der Waals surface area contributed by atoms with Gasteiger partial charge in [-0.05, 0) is 42.7 Å². The van der Waals surface area contributed by atoms with Crippen LogP contribution in [0, 0.1) is 11.3 Å². The van der Waals surface area contributed by atoms with Crippen molar-refractivity contribution in [3.63, 3.8) is 0 Å². The molecule has 2 unspecified atom stereocenters. The highest BCUT2D eigenvalue weighted by molar-refractivity contribution is 6.10. The summed E-state index contributed by atoms with van der Waals surface area (Å²) in [6.07, 6.45) is 4.07. The third kappa shape index (κ3) is 1.62. The van der Waals surface area contributed by atoms with Gasteiger partial charge in [-0.2, -0.15) is 0 Å². The molecular weight excluding hydrogens is 246 g/mol. The molecule has 2 atom stereocenters. The molecule has 1 heterocycles. The Morgan fingerprint density at radius 3 is 2.55 bits per heavy atom. The van der Waals surface area contributed by atoms with Crippen LogP contribution in [0.15, 0.2) is 36.4 Å². The van der Waals surface area contributed by atoms with E-state index in [0.717, 1.165) is 16.9 Å². The number of nitrogen functional groups attached to an aromatic ring is 1. The summed E-state index contributed by atoms with van der Waals surface area (Å²) >= 11 is 0. The van der Waals surface area contributed by atoms with Crippen LogP contribution in [-0.4, -0.2) is 18.4 Å². The lowest BCUT2D eigenvalue weighted by Gasteiger charge is -2.30. The monoisotopic (exact) mass is 265 g/mol. The maximum Gasteiger partial charge on any atom is 0.123 e. The van der Waals surface area contributed by atoms with Crippen LogP contribution in [0.5, 0.6) is 0 Å².